The minimum Gasteiger partial charge on any atom is -0.508 e. The summed E-state index contributed by atoms with van der Waals surface area (Å²) in [6, 6.07) is 3.68. The molecular weight excluding hydrogens is 362 g/mol. The molecule has 154 valence electrons. The quantitative estimate of drug-likeness (QED) is 0.434. The molecule has 1 aromatic carbocycles. The van der Waals surface area contributed by atoms with E-state index in [2.05, 4.69) is 24.8 Å². The Morgan fingerprint density at radius 1 is 1.39 bits per heavy atom. The molecule has 2 aliphatic rings. The number of nitrogens with zero attached hydrogens (tertiary/aromatic N) is 1. The van der Waals surface area contributed by atoms with Crippen molar-refractivity contribution in [3.63, 3.8) is 0 Å². The van der Waals surface area contributed by atoms with Crippen molar-refractivity contribution in [2.45, 2.75) is 63.9 Å². The zero-order chi connectivity index (χ0) is 20.7. The first-order chi connectivity index (χ1) is 13.0. The maximum absolute atomic E-state index is 10.9. The van der Waals surface area contributed by atoms with Gasteiger partial charge in [0.25, 0.3) is 5.09 Å². The number of rotatable bonds is 6. The van der Waals surface area contributed by atoms with E-state index >= 15 is 0 Å². The molecule has 0 aromatic heterocycles. The Labute approximate surface area is 165 Å². The maximum Gasteiger partial charge on any atom is 0.294 e. The third-order valence-corrected chi connectivity index (χ3v) is 6.29. The lowest BCUT2D eigenvalue weighted by molar-refractivity contribution is -0.758. The molecule has 1 aliphatic carbocycles. The molecule has 1 heterocycles. The van der Waals surface area contributed by atoms with E-state index in [4.69, 9.17) is 4.74 Å². The van der Waals surface area contributed by atoms with Crippen LogP contribution < -0.4 is 4.74 Å². The molecule has 7 nitrogen and oxygen atoms in total. The van der Waals surface area contributed by atoms with Crippen LogP contribution in [0.25, 0.3) is 0 Å². The molecule has 0 amide bonds. The predicted molar refractivity (Wildman–Crippen MR) is 104 cm³/mol. The number of aliphatic hydroxyl groups excluding tert-OH is 1. The summed E-state index contributed by atoms with van der Waals surface area (Å²) in [7, 11) is 0. The van der Waals surface area contributed by atoms with Crippen molar-refractivity contribution in [1.29, 1.82) is 0 Å². The van der Waals surface area contributed by atoms with E-state index in [-0.39, 0.29) is 30.8 Å². The number of benzene rings is 1. The van der Waals surface area contributed by atoms with E-state index in [1.165, 1.54) is 0 Å². The summed E-state index contributed by atoms with van der Waals surface area (Å²) in [5.41, 5.74) is 1.79. The molecule has 0 saturated carbocycles. The van der Waals surface area contributed by atoms with Crippen LogP contribution in [0.4, 0.5) is 0 Å². The van der Waals surface area contributed by atoms with Gasteiger partial charge in [-0.15, -0.1) is 10.1 Å². The lowest BCUT2D eigenvalue weighted by atomic mass is 9.66. The monoisotopic (exact) mass is 391 g/mol. The number of fused-ring (bicyclic) bond motifs is 3. The molecule has 0 spiro atoms. The molecular formula is C21H29NO6. The van der Waals surface area contributed by atoms with Crippen LogP contribution in [0.5, 0.6) is 11.5 Å². The number of aliphatic hydroxyl groups is 1. The number of hydrogen-bond donors (Lipinski definition) is 2. The molecule has 0 unspecified atom stereocenters. The van der Waals surface area contributed by atoms with Gasteiger partial charge >= 0.3 is 0 Å². The van der Waals surface area contributed by atoms with Crippen molar-refractivity contribution in [2.75, 3.05) is 13.2 Å². The van der Waals surface area contributed by atoms with Gasteiger partial charge in [-0.25, -0.2) is 0 Å². The van der Waals surface area contributed by atoms with Gasteiger partial charge in [0.1, 0.15) is 17.1 Å². The van der Waals surface area contributed by atoms with Crippen molar-refractivity contribution in [3.05, 3.63) is 45.0 Å². The first-order valence-corrected chi connectivity index (χ1v) is 9.67. The van der Waals surface area contributed by atoms with Crippen molar-refractivity contribution < 1.29 is 24.9 Å². The van der Waals surface area contributed by atoms with E-state index in [1.54, 1.807) is 6.07 Å². The van der Waals surface area contributed by atoms with E-state index in [0.29, 0.717) is 18.6 Å². The zero-order valence-electron chi connectivity index (χ0n) is 16.9. The fraction of sp³-hybridized carbons (Fsp3) is 0.619. The van der Waals surface area contributed by atoms with Crippen LogP contribution in [-0.4, -0.2) is 34.1 Å². The minimum absolute atomic E-state index is 0.0143. The Kier molecular flexibility index (Phi) is 5.32. The van der Waals surface area contributed by atoms with Gasteiger partial charge in [0.15, 0.2) is 0 Å². The predicted octanol–water partition coefficient (Wildman–Crippen LogP) is 3.85. The third-order valence-electron chi connectivity index (χ3n) is 6.29. The number of phenolic OH excluding ortho intramolecular Hbond substituents is 1. The van der Waals surface area contributed by atoms with Gasteiger partial charge in [-0.3, -0.25) is 0 Å². The van der Waals surface area contributed by atoms with Crippen LogP contribution in [0.3, 0.4) is 0 Å². The summed E-state index contributed by atoms with van der Waals surface area (Å²) in [6.07, 6.45) is 4.02. The number of aromatic hydroxyl groups is 1. The topological polar surface area (TPSA) is 102 Å². The average Bonchev–Trinajstić information content (AvgIpc) is 2.59. The van der Waals surface area contributed by atoms with Gasteiger partial charge in [0.2, 0.25) is 0 Å². The fourth-order valence-corrected chi connectivity index (χ4v) is 4.51. The molecule has 3 rings (SSSR count). The van der Waals surface area contributed by atoms with Crippen molar-refractivity contribution >= 4 is 0 Å². The zero-order valence-corrected chi connectivity index (χ0v) is 16.9. The summed E-state index contributed by atoms with van der Waals surface area (Å²) in [5.74, 6) is 1.14. The lowest BCUT2D eigenvalue weighted by Crippen LogP contribution is -2.45. The Morgan fingerprint density at radius 2 is 2.11 bits per heavy atom. The Morgan fingerprint density at radius 3 is 2.75 bits per heavy atom. The van der Waals surface area contributed by atoms with Gasteiger partial charge in [-0.2, -0.15) is 0 Å². The summed E-state index contributed by atoms with van der Waals surface area (Å²) in [6.45, 7) is 8.06. The summed E-state index contributed by atoms with van der Waals surface area (Å²) in [5, 5.41) is 30.1. The summed E-state index contributed by atoms with van der Waals surface area (Å²) in [4.78, 5) is 14.9. The van der Waals surface area contributed by atoms with E-state index < -0.39 is 16.1 Å². The second kappa shape index (κ2) is 7.28. The fourth-order valence-electron chi connectivity index (χ4n) is 4.51. The van der Waals surface area contributed by atoms with Crippen molar-refractivity contribution in [2.24, 2.45) is 5.92 Å². The maximum atomic E-state index is 10.9. The molecule has 1 aromatic rings. The Hall–Kier alpha value is -2.28. The molecule has 2 atom stereocenters. The number of allylic oxidation sites excluding steroid dienone is 1. The average molecular weight is 391 g/mol. The molecule has 0 saturated heterocycles. The number of hydrogen-bond acceptors (Lipinski definition) is 6. The highest BCUT2D eigenvalue weighted by Crippen LogP contribution is 2.54. The van der Waals surface area contributed by atoms with Crippen LogP contribution in [-0.2, 0) is 10.3 Å². The van der Waals surface area contributed by atoms with Crippen LogP contribution in [0, 0.1) is 16.0 Å². The van der Waals surface area contributed by atoms with E-state index in [0.717, 1.165) is 23.1 Å². The van der Waals surface area contributed by atoms with Crippen molar-refractivity contribution in [3.8, 4) is 11.5 Å². The molecule has 0 fully saturated rings. The summed E-state index contributed by atoms with van der Waals surface area (Å²) < 4.78 is 6.33. The molecule has 7 heteroatoms. The van der Waals surface area contributed by atoms with Crippen LogP contribution >= 0.6 is 0 Å². The van der Waals surface area contributed by atoms with Crippen LogP contribution in [0.1, 0.15) is 64.0 Å². The second-order valence-corrected chi connectivity index (χ2v) is 8.98. The molecule has 28 heavy (non-hydrogen) atoms. The summed E-state index contributed by atoms with van der Waals surface area (Å²) >= 11 is 0. The first-order valence-electron chi connectivity index (χ1n) is 9.67. The second-order valence-electron chi connectivity index (χ2n) is 8.98. The highest BCUT2D eigenvalue weighted by molar-refractivity contribution is 5.54. The SMILES string of the molecule is CC(C)(CCO[N+](=O)[O-])c1cc(O)c2c(c1)OC(C)(C)[C@@H]1CC=C(CO)C[C@@H]21. The normalized spacial score (nSPS) is 23.1. The Balaban J connectivity index is 1.96. The third kappa shape index (κ3) is 3.81. The standard InChI is InChI=1S/C21H29NO6/c1-20(2,7-8-27-22(25)26)14-10-17(24)19-15-9-13(12-23)5-6-16(15)21(3,4)28-18(19)11-14/h5,10-11,15-16,23-24H,6-9,12H2,1-4H3/t15-,16-/m1/s1. The number of phenols is 1. The van der Waals surface area contributed by atoms with E-state index in [9.17, 15) is 20.3 Å². The highest BCUT2D eigenvalue weighted by Gasteiger charge is 2.46. The Bertz CT molecular complexity index is 798. The van der Waals surface area contributed by atoms with Gasteiger partial charge in [0.05, 0.1) is 13.2 Å². The highest BCUT2D eigenvalue weighted by atomic mass is 16.9. The van der Waals surface area contributed by atoms with Crippen LogP contribution in [0.15, 0.2) is 23.8 Å². The van der Waals surface area contributed by atoms with Crippen molar-refractivity contribution in [1.82, 2.24) is 0 Å². The minimum atomic E-state index is -0.790. The molecule has 2 N–H and O–H groups in total. The number of ether oxygens (including phenoxy) is 1. The first kappa shape index (κ1) is 20.5. The molecule has 1 aliphatic heterocycles. The van der Waals surface area contributed by atoms with Gasteiger partial charge < -0.3 is 19.8 Å². The lowest BCUT2D eigenvalue weighted by Gasteiger charge is -2.47. The van der Waals surface area contributed by atoms with Crippen LogP contribution in [0.2, 0.25) is 0 Å². The van der Waals surface area contributed by atoms with Gasteiger partial charge in [-0.05, 0) is 61.8 Å². The van der Waals surface area contributed by atoms with Gasteiger partial charge in [0, 0.05) is 17.4 Å². The van der Waals surface area contributed by atoms with Gasteiger partial charge in [-0.1, -0.05) is 19.9 Å². The smallest absolute Gasteiger partial charge is 0.294 e. The van der Waals surface area contributed by atoms with E-state index in [1.807, 2.05) is 19.9 Å². The molecule has 0 radical (unpaired) electrons. The molecule has 0 bridgehead atoms. The largest absolute Gasteiger partial charge is 0.508 e.